The van der Waals surface area contributed by atoms with E-state index in [1.807, 2.05) is 11.0 Å². The van der Waals surface area contributed by atoms with E-state index < -0.39 is 0 Å². The lowest BCUT2D eigenvalue weighted by molar-refractivity contribution is 0.0641. The van der Waals surface area contributed by atoms with Gasteiger partial charge >= 0.3 is 0 Å². The van der Waals surface area contributed by atoms with Crippen LogP contribution < -0.4 is 4.74 Å². The van der Waals surface area contributed by atoms with E-state index in [-0.39, 0.29) is 24.3 Å². The van der Waals surface area contributed by atoms with Crippen molar-refractivity contribution in [3.63, 3.8) is 0 Å². The second kappa shape index (κ2) is 10.8. The first-order valence-electron chi connectivity index (χ1n) is 13.2. The summed E-state index contributed by atoms with van der Waals surface area (Å²) in [5.74, 6) is 0.493. The zero-order valence-electron chi connectivity index (χ0n) is 21.1. The van der Waals surface area contributed by atoms with Gasteiger partial charge in [-0.15, -0.1) is 0 Å². The van der Waals surface area contributed by atoms with E-state index in [2.05, 4.69) is 4.90 Å². The zero-order valence-corrected chi connectivity index (χ0v) is 21.1. The number of rotatable bonds is 6. The maximum absolute atomic E-state index is 13.5. The fraction of sp³-hybridized carbons (Fsp3) is 0.483. The summed E-state index contributed by atoms with van der Waals surface area (Å²) in [4.78, 5) is 44.9. The molecule has 0 aromatic heterocycles. The zero-order chi connectivity index (χ0) is 25.1. The fourth-order valence-electron chi connectivity index (χ4n) is 5.76. The molecule has 0 N–H and O–H groups in total. The summed E-state index contributed by atoms with van der Waals surface area (Å²) < 4.78 is 5.51. The number of ether oxygens (including phenoxy) is 1. The van der Waals surface area contributed by atoms with Crippen molar-refractivity contribution >= 4 is 17.7 Å². The maximum Gasteiger partial charge on any atom is 0.261 e. The van der Waals surface area contributed by atoms with Crippen molar-refractivity contribution in [3.8, 4) is 5.75 Å². The van der Waals surface area contributed by atoms with Crippen molar-refractivity contribution in [2.75, 3.05) is 39.8 Å². The number of hydrogen-bond acceptors (Lipinski definition) is 5. The summed E-state index contributed by atoms with van der Waals surface area (Å²) in [5, 5.41) is 0. The molecule has 3 aliphatic heterocycles. The van der Waals surface area contributed by atoms with E-state index in [0.29, 0.717) is 28.4 Å². The minimum absolute atomic E-state index is 0.0516. The van der Waals surface area contributed by atoms with Gasteiger partial charge in [-0.3, -0.25) is 19.3 Å². The van der Waals surface area contributed by atoms with E-state index in [0.717, 1.165) is 38.0 Å². The molecule has 7 nitrogen and oxygen atoms in total. The molecule has 0 saturated carbocycles. The van der Waals surface area contributed by atoms with Crippen LogP contribution in [0.25, 0.3) is 0 Å². The number of fused-ring (bicyclic) bond motifs is 1. The molecule has 7 heteroatoms. The predicted molar refractivity (Wildman–Crippen MR) is 137 cm³/mol. The molecule has 190 valence electrons. The Hall–Kier alpha value is -3.19. The number of benzene rings is 2. The Bertz CT molecular complexity index is 1100. The Kier molecular flexibility index (Phi) is 7.37. The summed E-state index contributed by atoms with van der Waals surface area (Å²) in [6.45, 7) is 5.15. The molecule has 2 aromatic rings. The van der Waals surface area contributed by atoms with Crippen LogP contribution in [0.5, 0.6) is 5.75 Å². The van der Waals surface area contributed by atoms with Gasteiger partial charge in [0, 0.05) is 19.6 Å². The summed E-state index contributed by atoms with van der Waals surface area (Å²) in [5.41, 5.74) is 2.06. The van der Waals surface area contributed by atoms with Gasteiger partial charge in [-0.2, -0.15) is 0 Å². The Morgan fingerprint density at radius 3 is 2.14 bits per heavy atom. The molecular formula is C29H35N3O4. The van der Waals surface area contributed by atoms with Crippen molar-refractivity contribution in [2.45, 2.75) is 45.1 Å². The number of imide groups is 1. The molecular weight excluding hydrogens is 454 g/mol. The quantitative estimate of drug-likeness (QED) is 0.569. The smallest absolute Gasteiger partial charge is 0.261 e. The number of likely N-dealkylation sites (tertiary alicyclic amines) is 2. The SMILES string of the molecule is COc1ccc(CN2C(=O)c3ccccc3C2=O)cc1C(=O)N1CCC(CN2CCCCCC2)CC1. The van der Waals surface area contributed by atoms with Crippen LogP contribution in [-0.2, 0) is 6.54 Å². The molecule has 5 rings (SSSR count). The first-order chi connectivity index (χ1) is 17.5. The van der Waals surface area contributed by atoms with Gasteiger partial charge in [0.05, 0.1) is 30.3 Å². The van der Waals surface area contributed by atoms with Gasteiger partial charge in [0.1, 0.15) is 5.75 Å². The van der Waals surface area contributed by atoms with Gasteiger partial charge in [-0.25, -0.2) is 0 Å². The Balaban J connectivity index is 1.24. The van der Waals surface area contributed by atoms with E-state index in [1.54, 1.807) is 43.5 Å². The first-order valence-corrected chi connectivity index (χ1v) is 13.2. The van der Waals surface area contributed by atoms with Gasteiger partial charge in [0.25, 0.3) is 17.7 Å². The average molecular weight is 490 g/mol. The molecule has 2 fully saturated rings. The highest BCUT2D eigenvalue weighted by atomic mass is 16.5. The third-order valence-corrected chi connectivity index (χ3v) is 7.83. The lowest BCUT2D eigenvalue weighted by atomic mass is 9.95. The largest absolute Gasteiger partial charge is 0.496 e. The molecule has 0 spiro atoms. The van der Waals surface area contributed by atoms with Gasteiger partial charge in [-0.1, -0.05) is 31.0 Å². The molecule has 2 saturated heterocycles. The molecule has 36 heavy (non-hydrogen) atoms. The van der Waals surface area contributed by atoms with Crippen molar-refractivity contribution in [2.24, 2.45) is 5.92 Å². The second-order valence-corrected chi connectivity index (χ2v) is 10.2. The molecule has 0 unspecified atom stereocenters. The molecule has 3 aliphatic rings. The molecule has 0 aliphatic carbocycles. The number of piperidine rings is 1. The van der Waals surface area contributed by atoms with Gasteiger partial charge in [-0.05, 0) is 74.5 Å². The molecule has 3 heterocycles. The number of nitrogens with zero attached hydrogens (tertiary/aromatic N) is 3. The van der Waals surface area contributed by atoms with Crippen LogP contribution in [0.3, 0.4) is 0 Å². The lowest BCUT2D eigenvalue weighted by Crippen LogP contribution is -2.42. The van der Waals surface area contributed by atoms with Crippen molar-refractivity contribution in [1.82, 2.24) is 14.7 Å². The normalized spacial score (nSPS) is 19.4. The monoisotopic (exact) mass is 489 g/mol. The molecule has 3 amide bonds. The minimum Gasteiger partial charge on any atom is -0.496 e. The first kappa shape index (κ1) is 24.5. The third-order valence-electron chi connectivity index (χ3n) is 7.83. The second-order valence-electron chi connectivity index (χ2n) is 10.2. The number of amides is 3. The maximum atomic E-state index is 13.5. The average Bonchev–Trinajstić information content (AvgIpc) is 3.07. The van der Waals surface area contributed by atoms with Crippen LogP contribution in [0.1, 0.15) is 75.2 Å². The third kappa shape index (κ3) is 5.03. The van der Waals surface area contributed by atoms with Gasteiger partial charge < -0.3 is 14.5 Å². The van der Waals surface area contributed by atoms with Crippen LogP contribution in [0.4, 0.5) is 0 Å². The lowest BCUT2D eigenvalue weighted by Gasteiger charge is -2.35. The van der Waals surface area contributed by atoms with E-state index in [9.17, 15) is 14.4 Å². The Labute approximate surface area is 213 Å². The number of methoxy groups -OCH3 is 1. The summed E-state index contributed by atoms with van der Waals surface area (Å²) in [7, 11) is 1.56. The van der Waals surface area contributed by atoms with Crippen molar-refractivity contribution < 1.29 is 19.1 Å². The van der Waals surface area contributed by atoms with Gasteiger partial charge in [0.2, 0.25) is 0 Å². The molecule has 0 radical (unpaired) electrons. The minimum atomic E-state index is -0.300. The van der Waals surface area contributed by atoms with Crippen LogP contribution in [0, 0.1) is 5.92 Å². The number of hydrogen-bond donors (Lipinski definition) is 0. The topological polar surface area (TPSA) is 70.2 Å². The Morgan fingerprint density at radius 1 is 0.889 bits per heavy atom. The van der Waals surface area contributed by atoms with Gasteiger partial charge in [0.15, 0.2) is 0 Å². The predicted octanol–water partition coefficient (Wildman–Crippen LogP) is 4.22. The van der Waals surface area contributed by atoms with E-state index in [1.165, 1.54) is 43.7 Å². The van der Waals surface area contributed by atoms with Crippen LogP contribution in [0.2, 0.25) is 0 Å². The standard InChI is InChI=1S/C29H35N3O4/c1-36-26-11-10-22(20-32-28(34)23-8-4-5-9-24(23)29(32)35)18-25(26)27(33)31-16-12-21(13-17-31)19-30-14-6-2-3-7-15-30/h4-5,8-11,18,21H,2-3,6-7,12-17,19-20H2,1H3. The van der Waals surface area contributed by atoms with E-state index >= 15 is 0 Å². The van der Waals surface area contributed by atoms with Crippen LogP contribution >= 0.6 is 0 Å². The highest BCUT2D eigenvalue weighted by Crippen LogP contribution is 2.28. The number of carbonyl (C=O) groups excluding carboxylic acids is 3. The highest BCUT2D eigenvalue weighted by Gasteiger charge is 2.35. The van der Waals surface area contributed by atoms with Crippen LogP contribution in [-0.4, -0.2) is 72.3 Å². The molecule has 2 aromatic carbocycles. The van der Waals surface area contributed by atoms with Crippen LogP contribution in [0.15, 0.2) is 42.5 Å². The molecule has 0 bridgehead atoms. The van der Waals surface area contributed by atoms with Crippen molar-refractivity contribution in [1.29, 1.82) is 0 Å². The van der Waals surface area contributed by atoms with Crippen molar-refractivity contribution in [3.05, 3.63) is 64.7 Å². The fourth-order valence-corrected chi connectivity index (χ4v) is 5.76. The van der Waals surface area contributed by atoms with E-state index in [4.69, 9.17) is 4.74 Å². The highest BCUT2D eigenvalue weighted by molar-refractivity contribution is 6.21. The summed E-state index contributed by atoms with van der Waals surface area (Å²) >= 11 is 0. The molecule has 0 atom stereocenters. The summed E-state index contributed by atoms with van der Waals surface area (Å²) in [6, 6.07) is 12.2. The summed E-state index contributed by atoms with van der Waals surface area (Å²) in [6.07, 6.45) is 7.32. The Morgan fingerprint density at radius 2 is 1.53 bits per heavy atom. The number of carbonyl (C=O) groups is 3.